The van der Waals surface area contributed by atoms with Crippen LogP contribution >= 0.6 is 11.6 Å². The van der Waals surface area contributed by atoms with E-state index in [9.17, 15) is 4.79 Å². The molecule has 29 heavy (non-hydrogen) atoms. The Morgan fingerprint density at radius 1 is 1.17 bits per heavy atom. The van der Waals surface area contributed by atoms with Gasteiger partial charge in [0.15, 0.2) is 0 Å². The Labute approximate surface area is 172 Å². The smallest absolute Gasteiger partial charge is 0.309 e. The molecule has 4 heterocycles. The summed E-state index contributed by atoms with van der Waals surface area (Å²) in [7, 11) is 1.41. The summed E-state index contributed by atoms with van der Waals surface area (Å²) in [5, 5.41) is 9.56. The molecule has 2 aliphatic heterocycles. The Balaban J connectivity index is 1.50. The number of anilines is 1. The predicted octanol–water partition coefficient (Wildman–Crippen LogP) is 2.20. The second-order valence-electron chi connectivity index (χ2n) is 7.36. The van der Waals surface area contributed by atoms with E-state index >= 15 is 0 Å². The number of esters is 1. The van der Waals surface area contributed by atoms with Gasteiger partial charge in [-0.1, -0.05) is 11.6 Å². The number of aromatic nitrogens is 5. The van der Waals surface area contributed by atoms with Crippen molar-refractivity contribution in [3.05, 3.63) is 58.9 Å². The number of rotatable bonds is 3. The number of halogens is 1. The van der Waals surface area contributed by atoms with E-state index in [0.29, 0.717) is 17.9 Å². The zero-order valence-corrected chi connectivity index (χ0v) is 16.6. The Bertz CT molecular complexity index is 1060. The molecule has 0 bridgehead atoms. The van der Waals surface area contributed by atoms with E-state index in [1.54, 1.807) is 18.5 Å². The van der Waals surface area contributed by atoms with Crippen molar-refractivity contribution in [2.45, 2.75) is 18.8 Å². The lowest BCUT2D eigenvalue weighted by Crippen LogP contribution is -2.47. The van der Waals surface area contributed by atoms with Crippen LogP contribution in [0.25, 0.3) is 5.69 Å². The molecule has 1 saturated heterocycles. The molecule has 0 saturated carbocycles. The van der Waals surface area contributed by atoms with Crippen molar-refractivity contribution in [2.75, 3.05) is 25.1 Å². The van der Waals surface area contributed by atoms with Gasteiger partial charge in [-0.3, -0.25) is 9.36 Å². The van der Waals surface area contributed by atoms with Crippen LogP contribution in [0.2, 0.25) is 5.02 Å². The summed E-state index contributed by atoms with van der Waals surface area (Å²) in [5.41, 5.74) is 1.97. The van der Waals surface area contributed by atoms with Crippen molar-refractivity contribution in [3.8, 4) is 5.69 Å². The van der Waals surface area contributed by atoms with E-state index in [-0.39, 0.29) is 17.8 Å². The molecule has 2 aromatic heterocycles. The van der Waals surface area contributed by atoms with E-state index in [4.69, 9.17) is 16.3 Å². The van der Waals surface area contributed by atoms with Gasteiger partial charge in [0.1, 0.15) is 11.6 Å². The van der Waals surface area contributed by atoms with Crippen LogP contribution in [0.15, 0.2) is 36.7 Å². The van der Waals surface area contributed by atoms with Crippen LogP contribution in [-0.2, 0) is 22.4 Å². The molecular weight excluding hydrogens is 392 g/mol. The van der Waals surface area contributed by atoms with Crippen LogP contribution in [-0.4, -0.2) is 50.9 Å². The molecule has 0 radical (unpaired) electrons. The number of fused-ring (bicyclic) bond motifs is 3. The molecule has 9 heteroatoms. The molecule has 5 rings (SSSR count). The molecule has 148 valence electrons. The molecular formula is C20H19ClN6O2. The number of benzene rings is 1. The van der Waals surface area contributed by atoms with Crippen LogP contribution in [0.5, 0.6) is 0 Å². The van der Waals surface area contributed by atoms with Crippen molar-refractivity contribution in [2.24, 2.45) is 5.92 Å². The van der Waals surface area contributed by atoms with Crippen molar-refractivity contribution in [1.29, 1.82) is 0 Å². The third-order valence-electron chi connectivity index (χ3n) is 5.55. The lowest BCUT2D eigenvalue weighted by molar-refractivity contribution is -0.145. The van der Waals surface area contributed by atoms with Crippen LogP contribution < -0.4 is 4.90 Å². The third kappa shape index (κ3) is 3.13. The maximum Gasteiger partial charge on any atom is 0.309 e. The molecule has 0 N–H and O–H groups in total. The fraction of sp³-hybridized carbons (Fsp3) is 0.350. The number of methoxy groups -OCH3 is 1. The van der Waals surface area contributed by atoms with E-state index in [1.807, 2.05) is 18.2 Å². The zero-order chi connectivity index (χ0) is 20.0. The first-order valence-corrected chi connectivity index (χ1v) is 9.84. The van der Waals surface area contributed by atoms with Crippen LogP contribution in [0.1, 0.15) is 23.1 Å². The summed E-state index contributed by atoms with van der Waals surface area (Å²) in [4.78, 5) is 23.0. The summed E-state index contributed by atoms with van der Waals surface area (Å²) in [6, 6.07) is 7.55. The van der Waals surface area contributed by atoms with Crippen molar-refractivity contribution < 1.29 is 9.53 Å². The normalized spacial score (nSPS) is 18.4. The van der Waals surface area contributed by atoms with E-state index < -0.39 is 0 Å². The van der Waals surface area contributed by atoms with Crippen LogP contribution in [0.3, 0.4) is 0 Å². The summed E-state index contributed by atoms with van der Waals surface area (Å²) in [6.07, 6.45) is 4.52. The SMILES string of the molecule is COC(=O)C1Cc2cc(Cl)ccc2-n2c(nnc2C2CN(c3ncccn3)C2)C1. The lowest BCUT2D eigenvalue weighted by atomic mass is 9.96. The first-order valence-electron chi connectivity index (χ1n) is 9.47. The molecule has 8 nitrogen and oxygen atoms in total. The van der Waals surface area contributed by atoms with Gasteiger partial charge in [-0.2, -0.15) is 0 Å². The minimum atomic E-state index is -0.314. The van der Waals surface area contributed by atoms with Gasteiger partial charge >= 0.3 is 5.97 Å². The lowest BCUT2D eigenvalue weighted by Gasteiger charge is -2.38. The summed E-state index contributed by atoms with van der Waals surface area (Å²) < 4.78 is 7.09. The van der Waals surface area contributed by atoms with E-state index in [1.165, 1.54) is 7.11 Å². The van der Waals surface area contributed by atoms with Crippen LogP contribution in [0.4, 0.5) is 5.95 Å². The number of carbonyl (C=O) groups excluding carboxylic acids is 1. The average molecular weight is 411 g/mol. The van der Waals surface area contributed by atoms with Crippen molar-refractivity contribution in [1.82, 2.24) is 24.7 Å². The van der Waals surface area contributed by atoms with E-state index in [0.717, 1.165) is 41.9 Å². The zero-order valence-electron chi connectivity index (χ0n) is 15.8. The van der Waals surface area contributed by atoms with Crippen LogP contribution in [0, 0.1) is 5.92 Å². The van der Waals surface area contributed by atoms with Gasteiger partial charge in [0, 0.05) is 36.9 Å². The molecule has 0 aliphatic carbocycles. The molecule has 2 aliphatic rings. The molecule has 1 atom stereocenters. The quantitative estimate of drug-likeness (QED) is 0.612. The minimum Gasteiger partial charge on any atom is -0.469 e. The number of ether oxygens (including phenoxy) is 1. The Morgan fingerprint density at radius 3 is 2.72 bits per heavy atom. The van der Waals surface area contributed by atoms with Gasteiger partial charge in [-0.05, 0) is 36.2 Å². The third-order valence-corrected chi connectivity index (χ3v) is 5.78. The van der Waals surface area contributed by atoms with Gasteiger partial charge < -0.3 is 9.64 Å². The summed E-state index contributed by atoms with van der Waals surface area (Å²) in [6.45, 7) is 1.54. The standard InChI is InChI=1S/C20H19ClN6O2/c1-29-19(28)13-7-12-8-15(21)3-4-16(12)27-17(9-13)24-25-18(27)14-10-26(11-14)20-22-5-2-6-23-20/h2-6,8,13-14H,7,9-11H2,1H3. The number of carbonyl (C=O) groups is 1. The molecule has 0 amide bonds. The Hall–Kier alpha value is -3.00. The minimum absolute atomic E-state index is 0.207. The number of hydrogen-bond acceptors (Lipinski definition) is 7. The van der Waals surface area contributed by atoms with Gasteiger partial charge in [0.25, 0.3) is 0 Å². The maximum absolute atomic E-state index is 12.3. The second kappa shape index (κ2) is 7.11. The molecule has 1 fully saturated rings. The van der Waals surface area contributed by atoms with E-state index in [2.05, 4.69) is 29.6 Å². The maximum atomic E-state index is 12.3. The summed E-state index contributed by atoms with van der Waals surface area (Å²) in [5.74, 6) is 2.03. The highest BCUT2D eigenvalue weighted by atomic mass is 35.5. The highest BCUT2D eigenvalue weighted by Gasteiger charge is 2.37. The second-order valence-corrected chi connectivity index (χ2v) is 7.80. The first-order chi connectivity index (χ1) is 14.1. The molecule has 1 unspecified atom stereocenters. The molecule has 1 aromatic carbocycles. The van der Waals surface area contributed by atoms with Crippen molar-refractivity contribution >= 4 is 23.5 Å². The first kappa shape index (κ1) is 18.1. The fourth-order valence-corrected chi connectivity index (χ4v) is 4.27. The summed E-state index contributed by atoms with van der Waals surface area (Å²) >= 11 is 6.24. The number of hydrogen-bond donors (Lipinski definition) is 0. The largest absolute Gasteiger partial charge is 0.469 e. The molecule has 0 spiro atoms. The predicted molar refractivity (Wildman–Crippen MR) is 106 cm³/mol. The highest BCUT2D eigenvalue weighted by Crippen LogP contribution is 2.35. The molecule has 3 aromatic rings. The van der Waals surface area contributed by atoms with Gasteiger partial charge in [-0.25, -0.2) is 9.97 Å². The van der Waals surface area contributed by atoms with Gasteiger partial charge in [0.05, 0.1) is 24.6 Å². The monoisotopic (exact) mass is 410 g/mol. The Kier molecular flexibility index (Phi) is 4.43. The van der Waals surface area contributed by atoms with Crippen molar-refractivity contribution in [3.63, 3.8) is 0 Å². The van der Waals surface area contributed by atoms with Gasteiger partial charge in [0.2, 0.25) is 5.95 Å². The van der Waals surface area contributed by atoms with Gasteiger partial charge in [-0.15, -0.1) is 10.2 Å². The fourth-order valence-electron chi connectivity index (χ4n) is 4.08. The topological polar surface area (TPSA) is 86.0 Å². The highest BCUT2D eigenvalue weighted by molar-refractivity contribution is 6.30. The number of nitrogens with zero attached hydrogens (tertiary/aromatic N) is 6. The average Bonchev–Trinajstić information content (AvgIpc) is 3.02. The Morgan fingerprint density at radius 2 is 1.97 bits per heavy atom.